The summed E-state index contributed by atoms with van der Waals surface area (Å²) >= 11 is 11.6. The predicted molar refractivity (Wildman–Crippen MR) is 127 cm³/mol. The maximum absolute atomic E-state index is 13.5. The number of nitrogens with one attached hydrogen (secondary N) is 2. The molecule has 2 fully saturated rings. The van der Waals surface area contributed by atoms with Gasteiger partial charge in [-0.15, -0.1) is 0 Å². The molecule has 2 aliphatic carbocycles. The van der Waals surface area contributed by atoms with Gasteiger partial charge in [-0.1, -0.05) is 23.2 Å². The molecule has 1 heterocycles. The zero-order chi connectivity index (χ0) is 24.7. The summed E-state index contributed by atoms with van der Waals surface area (Å²) in [6.07, 6.45) is 0.992. The average molecular weight is 523 g/mol. The largest absolute Gasteiger partial charge is 0.484 e. The highest BCUT2D eigenvalue weighted by Gasteiger charge is 2.47. The quantitative estimate of drug-likeness (QED) is 0.536. The summed E-state index contributed by atoms with van der Waals surface area (Å²) in [6, 6.07) is 9.02. The van der Waals surface area contributed by atoms with Crippen molar-refractivity contribution in [2.45, 2.75) is 50.0 Å². The first-order chi connectivity index (χ1) is 16.8. The third-order valence-electron chi connectivity index (χ3n) is 7.12. The van der Waals surface area contributed by atoms with E-state index < -0.39 is 18.0 Å². The van der Waals surface area contributed by atoms with E-state index in [-0.39, 0.29) is 59.5 Å². The molecule has 0 radical (unpaired) electrons. The summed E-state index contributed by atoms with van der Waals surface area (Å²) in [4.78, 5) is 25.2. The number of halogens is 3. The topological polar surface area (TPSA) is 96.9 Å². The van der Waals surface area contributed by atoms with Gasteiger partial charge in [-0.3, -0.25) is 9.59 Å². The van der Waals surface area contributed by atoms with E-state index in [4.69, 9.17) is 32.7 Å². The summed E-state index contributed by atoms with van der Waals surface area (Å²) in [5.74, 6) is 0.0787. The van der Waals surface area contributed by atoms with Gasteiger partial charge in [0.15, 0.2) is 12.7 Å². The predicted octanol–water partition coefficient (Wildman–Crippen LogP) is 3.80. The molecule has 10 heteroatoms. The van der Waals surface area contributed by atoms with Crippen molar-refractivity contribution in [2.75, 3.05) is 6.61 Å². The zero-order valence-electron chi connectivity index (χ0n) is 18.7. The highest BCUT2D eigenvalue weighted by atomic mass is 35.5. The van der Waals surface area contributed by atoms with Crippen LogP contribution in [-0.2, 0) is 9.59 Å². The number of hydrogen-bond acceptors (Lipinski definition) is 5. The Morgan fingerprint density at radius 3 is 2.49 bits per heavy atom. The van der Waals surface area contributed by atoms with Gasteiger partial charge >= 0.3 is 0 Å². The molecule has 5 rings (SSSR count). The number of benzene rings is 2. The van der Waals surface area contributed by atoms with Gasteiger partial charge in [0.2, 0.25) is 0 Å². The minimum absolute atomic E-state index is 0.00121. The Morgan fingerprint density at radius 1 is 1.03 bits per heavy atom. The second-order valence-electron chi connectivity index (χ2n) is 9.42. The van der Waals surface area contributed by atoms with Gasteiger partial charge in [0.05, 0.1) is 11.1 Å². The fourth-order valence-corrected chi connectivity index (χ4v) is 5.75. The molecule has 2 saturated carbocycles. The van der Waals surface area contributed by atoms with E-state index in [1.54, 1.807) is 18.2 Å². The van der Waals surface area contributed by atoms with Crippen LogP contribution in [0.2, 0.25) is 10.0 Å². The van der Waals surface area contributed by atoms with Crippen molar-refractivity contribution in [3.8, 4) is 11.5 Å². The standard InChI is InChI=1S/C25H25Cl2FN2O5/c26-14-1-4-22-16(8-14)21(31)10-23(35-22)25(33)30-20-7-12-5-13(20)6-19(12)29-24(32)11-34-15-2-3-17(27)18(28)9-15/h1-4,8-9,12-13,19-21,23,31H,5-7,10-11H2,(H,29,32)(H,30,33)/t12-,13-,19+,20+,21+,23+/m0/s1. The number of amides is 2. The van der Waals surface area contributed by atoms with Crippen LogP contribution < -0.4 is 20.1 Å². The molecule has 0 saturated heterocycles. The van der Waals surface area contributed by atoms with Crippen molar-refractivity contribution in [3.63, 3.8) is 0 Å². The summed E-state index contributed by atoms with van der Waals surface area (Å²) in [6.45, 7) is -0.219. The summed E-state index contributed by atoms with van der Waals surface area (Å²) in [5.41, 5.74) is 0.588. The van der Waals surface area contributed by atoms with E-state index >= 15 is 0 Å². The Kier molecular flexibility index (Phi) is 6.79. The lowest BCUT2D eigenvalue weighted by atomic mass is 9.90. The monoisotopic (exact) mass is 522 g/mol. The van der Waals surface area contributed by atoms with Crippen molar-refractivity contribution in [2.24, 2.45) is 11.8 Å². The first-order valence-electron chi connectivity index (χ1n) is 11.6. The van der Waals surface area contributed by atoms with E-state index in [0.717, 1.165) is 25.3 Å². The number of aliphatic hydroxyl groups excluding tert-OH is 1. The Bertz CT molecular complexity index is 1150. The number of ether oxygens (including phenoxy) is 2. The molecule has 2 bridgehead atoms. The molecule has 3 N–H and O–H groups in total. The van der Waals surface area contributed by atoms with Gasteiger partial charge in [-0.05, 0) is 61.4 Å². The summed E-state index contributed by atoms with van der Waals surface area (Å²) < 4.78 is 24.7. The van der Waals surface area contributed by atoms with Crippen molar-refractivity contribution in [1.29, 1.82) is 0 Å². The molecule has 0 aromatic heterocycles. The molecule has 35 heavy (non-hydrogen) atoms. The van der Waals surface area contributed by atoms with Crippen LogP contribution in [0.3, 0.4) is 0 Å². The Labute approximate surface area is 211 Å². The van der Waals surface area contributed by atoms with Crippen molar-refractivity contribution in [1.82, 2.24) is 10.6 Å². The zero-order valence-corrected chi connectivity index (χ0v) is 20.2. The van der Waals surface area contributed by atoms with Gasteiger partial charge in [0.1, 0.15) is 17.3 Å². The number of fused-ring (bicyclic) bond motifs is 3. The molecular formula is C25H25Cl2FN2O5. The van der Waals surface area contributed by atoms with Crippen LogP contribution in [0.1, 0.15) is 37.4 Å². The number of rotatable bonds is 6. The van der Waals surface area contributed by atoms with Crippen LogP contribution in [0.15, 0.2) is 36.4 Å². The summed E-state index contributed by atoms with van der Waals surface area (Å²) in [5, 5.41) is 17.0. The smallest absolute Gasteiger partial charge is 0.261 e. The molecule has 0 unspecified atom stereocenters. The Hall–Kier alpha value is -2.55. The maximum atomic E-state index is 13.5. The number of carbonyl (C=O) groups is 2. The second kappa shape index (κ2) is 9.84. The fraction of sp³-hybridized carbons (Fsp3) is 0.440. The highest BCUT2D eigenvalue weighted by molar-refractivity contribution is 6.31. The van der Waals surface area contributed by atoms with Crippen molar-refractivity contribution < 1.29 is 28.6 Å². The number of carbonyl (C=O) groups excluding carboxylic acids is 2. The number of aliphatic hydroxyl groups is 1. The second-order valence-corrected chi connectivity index (χ2v) is 10.3. The van der Waals surface area contributed by atoms with Crippen molar-refractivity contribution >= 4 is 35.0 Å². The van der Waals surface area contributed by atoms with E-state index in [0.29, 0.717) is 16.3 Å². The lowest BCUT2D eigenvalue weighted by Crippen LogP contribution is -2.50. The lowest BCUT2D eigenvalue weighted by Gasteiger charge is -2.32. The van der Waals surface area contributed by atoms with Gasteiger partial charge in [-0.2, -0.15) is 0 Å². The van der Waals surface area contributed by atoms with E-state index in [2.05, 4.69) is 10.6 Å². The molecule has 2 aromatic rings. The third-order valence-corrected chi connectivity index (χ3v) is 7.66. The molecular weight excluding hydrogens is 498 g/mol. The van der Waals surface area contributed by atoms with E-state index in [9.17, 15) is 19.1 Å². The maximum Gasteiger partial charge on any atom is 0.261 e. The van der Waals surface area contributed by atoms with E-state index in [1.165, 1.54) is 12.1 Å². The normalized spacial score (nSPS) is 28.7. The SMILES string of the molecule is O=C(COc1ccc(Cl)c(F)c1)N[C@@H]1C[C@@H]2C[C@H]1C[C@H]2NC(=O)[C@H]1C[C@@H](O)c2cc(Cl)ccc2O1. The number of hydrogen-bond donors (Lipinski definition) is 3. The summed E-state index contributed by atoms with van der Waals surface area (Å²) in [7, 11) is 0. The third kappa shape index (κ3) is 5.20. The molecule has 2 amide bonds. The highest BCUT2D eigenvalue weighted by Crippen LogP contribution is 2.45. The lowest BCUT2D eigenvalue weighted by molar-refractivity contribution is -0.131. The Morgan fingerprint density at radius 2 is 1.77 bits per heavy atom. The van der Waals surface area contributed by atoms with Crippen LogP contribution in [-0.4, -0.2) is 41.7 Å². The fourth-order valence-electron chi connectivity index (χ4n) is 5.45. The van der Waals surface area contributed by atoms with Crippen LogP contribution in [0.25, 0.3) is 0 Å². The molecule has 7 nitrogen and oxygen atoms in total. The molecule has 186 valence electrons. The van der Waals surface area contributed by atoms with Gasteiger partial charge in [0, 0.05) is 35.2 Å². The Balaban J connectivity index is 1.09. The van der Waals surface area contributed by atoms with Gasteiger partial charge < -0.3 is 25.2 Å². The molecule has 6 atom stereocenters. The van der Waals surface area contributed by atoms with Gasteiger partial charge in [0.25, 0.3) is 11.8 Å². The molecule has 0 spiro atoms. The van der Waals surface area contributed by atoms with Crippen molar-refractivity contribution in [3.05, 3.63) is 57.8 Å². The van der Waals surface area contributed by atoms with Crippen LogP contribution in [0, 0.1) is 17.7 Å². The molecule has 2 aromatic carbocycles. The van der Waals surface area contributed by atoms with Crippen LogP contribution >= 0.6 is 23.2 Å². The van der Waals surface area contributed by atoms with Crippen LogP contribution in [0.4, 0.5) is 4.39 Å². The minimum atomic E-state index is -0.820. The molecule has 1 aliphatic heterocycles. The van der Waals surface area contributed by atoms with Gasteiger partial charge in [-0.25, -0.2) is 4.39 Å². The van der Waals surface area contributed by atoms with E-state index in [1.807, 2.05) is 0 Å². The average Bonchev–Trinajstić information content (AvgIpc) is 3.40. The minimum Gasteiger partial charge on any atom is -0.484 e. The molecule has 3 aliphatic rings. The first kappa shape index (κ1) is 24.2. The van der Waals surface area contributed by atoms with Crippen LogP contribution in [0.5, 0.6) is 11.5 Å². The first-order valence-corrected chi connectivity index (χ1v) is 12.3.